The van der Waals surface area contributed by atoms with Gasteiger partial charge < -0.3 is 14.8 Å². The summed E-state index contributed by atoms with van der Waals surface area (Å²) >= 11 is 0. The number of benzene rings is 1. The van der Waals surface area contributed by atoms with Crippen LogP contribution in [0.1, 0.15) is 63.0 Å². The number of methoxy groups -OCH3 is 1. The van der Waals surface area contributed by atoms with Gasteiger partial charge in [-0.2, -0.15) is 13.2 Å². The first kappa shape index (κ1) is 25.0. The fourth-order valence-corrected chi connectivity index (χ4v) is 5.37. The third-order valence-electron chi connectivity index (χ3n) is 7.11. The molecule has 6 nitrogen and oxygen atoms in total. The lowest BCUT2D eigenvalue weighted by Gasteiger charge is -2.38. The summed E-state index contributed by atoms with van der Waals surface area (Å²) in [7, 11) is 1.20. The minimum Gasteiger partial charge on any atom is -0.468 e. The molecule has 35 heavy (non-hydrogen) atoms. The van der Waals surface area contributed by atoms with Crippen LogP contribution in [0, 0.1) is 11.8 Å². The summed E-state index contributed by atoms with van der Waals surface area (Å²) in [6.07, 6.45) is -1.04. The van der Waals surface area contributed by atoms with Crippen molar-refractivity contribution in [2.75, 3.05) is 7.11 Å². The number of ketones is 1. The van der Waals surface area contributed by atoms with Crippen LogP contribution in [0.5, 0.6) is 0 Å². The summed E-state index contributed by atoms with van der Waals surface area (Å²) < 4.78 is 50.2. The normalized spacial score (nSPS) is 25.3. The zero-order chi connectivity index (χ0) is 25.5. The molecule has 1 N–H and O–H groups in total. The number of hydrogen-bond donors (Lipinski definition) is 1. The summed E-state index contributed by atoms with van der Waals surface area (Å²) in [5.41, 5.74) is 0.909. The standard InChI is InChI=1S/C26H28F3NO5/c1-13-12-18-22(23(31)19(13)24(32)34-3)21(15-8-10-16(11-9-15)26(27,28)29)20(14(2)30-18)25(33)35-17-6-4-5-7-17/h8-11,13,17,19,21,30H,4-7,12H2,1-3H3/t13-,19-,21-/m0/s1. The molecule has 3 aliphatic rings. The fourth-order valence-electron chi connectivity index (χ4n) is 5.37. The summed E-state index contributed by atoms with van der Waals surface area (Å²) in [5.74, 6) is -4.17. The number of carbonyl (C=O) groups excluding carboxylic acids is 3. The molecule has 0 saturated heterocycles. The zero-order valence-corrected chi connectivity index (χ0v) is 19.8. The van der Waals surface area contributed by atoms with Crippen LogP contribution in [-0.4, -0.2) is 30.9 Å². The number of ether oxygens (including phenoxy) is 2. The average molecular weight is 492 g/mol. The topological polar surface area (TPSA) is 81.7 Å². The molecule has 9 heteroatoms. The van der Waals surface area contributed by atoms with Gasteiger partial charge in [0.05, 0.1) is 18.2 Å². The van der Waals surface area contributed by atoms with Crippen LogP contribution in [0.15, 0.2) is 46.8 Å². The van der Waals surface area contributed by atoms with Crippen molar-refractivity contribution in [2.24, 2.45) is 11.8 Å². The van der Waals surface area contributed by atoms with E-state index in [1.165, 1.54) is 19.2 Å². The Morgan fingerprint density at radius 2 is 1.71 bits per heavy atom. The maximum absolute atomic E-state index is 13.6. The molecule has 4 rings (SSSR count). The van der Waals surface area contributed by atoms with Gasteiger partial charge in [-0.25, -0.2) is 4.79 Å². The number of dihydropyridines is 1. The molecule has 0 radical (unpaired) electrons. The molecule has 3 atom stereocenters. The number of rotatable bonds is 4. The maximum Gasteiger partial charge on any atom is 0.416 e. The first-order valence-electron chi connectivity index (χ1n) is 11.7. The second-order valence-corrected chi connectivity index (χ2v) is 9.47. The molecule has 1 aliphatic heterocycles. The zero-order valence-electron chi connectivity index (χ0n) is 19.8. The Labute approximate surface area is 201 Å². The van der Waals surface area contributed by atoms with E-state index < -0.39 is 41.3 Å². The molecule has 1 aromatic rings. The molecule has 1 fully saturated rings. The third-order valence-corrected chi connectivity index (χ3v) is 7.11. The highest BCUT2D eigenvalue weighted by atomic mass is 19.4. The Balaban J connectivity index is 1.81. The number of nitrogens with one attached hydrogen (secondary N) is 1. The lowest BCUT2D eigenvalue weighted by atomic mass is 9.69. The van der Waals surface area contributed by atoms with Crippen molar-refractivity contribution in [1.82, 2.24) is 5.32 Å². The van der Waals surface area contributed by atoms with Gasteiger partial charge in [-0.3, -0.25) is 9.59 Å². The quantitative estimate of drug-likeness (QED) is 0.481. The summed E-state index contributed by atoms with van der Waals surface area (Å²) in [6, 6.07) is 4.41. The van der Waals surface area contributed by atoms with Crippen LogP contribution >= 0.6 is 0 Å². The van der Waals surface area contributed by atoms with E-state index in [4.69, 9.17) is 9.47 Å². The predicted molar refractivity (Wildman–Crippen MR) is 120 cm³/mol. The van der Waals surface area contributed by atoms with E-state index in [-0.39, 0.29) is 23.2 Å². The van der Waals surface area contributed by atoms with Gasteiger partial charge in [0.15, 0.2) is 5.78 Å². The van der Waals surface area contributed by atoms with E-state index in [2.05, 4.69) is 5.32 Å². The molecule has 2 aliphatic carbocycles. The molecular formula is C26H28F3NO5. The van der Waals surface area contributed by atoms with Crippen molar-refractivity contribution in [3.05, 3.63) is 57.9 Å². The van der Waals surface area contributed by atoms with Crippen molar-refractivity contribution in [3.63, 3.8) is 0 Å². The summed E-state index contributed by atoms with van der Waals surface area (Å²) in [4.78, 5) is 39.5. The molecule has 0 unspecified atom stereocenters. The van der Waals surface area contributed by atoms with Gasteiger partial charge in [-0.05, 0) is 62.6 Å². The molecular weight excluding hydrogens is 463 g/mol. The predicted octanol–water partition coefficient (Wildman–Crippen LogP) is 4.80. The molecule has 188 valence electrons. The van der Waals surface area contributed by atoms with Crippen LogP contribution < -0.4 is 5.32 Å². The Hall–Kier alpha value is -3.10. The monoisotopic (exact) mass is 491 g/mol. The highest BCUT2D eigenvalue weighted by molar-refractivity contribution is 6.12. The van der Waals surface area contributed by atoms with E-state index >= 15 is 0 Å². The van der Waals surface area contributed by atoms with E-state index in [1.54, 1.807) is 13.8 Å². The van der Waals surface area contributed by atoms with E-state index in [0.717, 1.165) is 37.8 Å². The van der Waals surface area contributed by atoms with Gasteiger partial charge in [0.2, 0.25) is 0 Å². The molecule has 0 amide bonds. The van der Waals surface area contributed by atoms with E-state index in [9.17, 15) is 27.6 Å². The van der Waals surface area contributed by atoms with Gasteiger partial charge in [0.25, 0.3) is 0 Å². The van der Waals surface area contributed by atoms with Gasteiger partial charge in [-0.15, -0.1) is 0 Å². The second kappa shape index (κ2) is 9.51. The molecule has 0 aromatic heterocycles. The highest BCUT2D eigenvalue weighted by Gasteiger charge is 2.47. The maximum atomic E-state index is 13.6. The average Bonchev–Trinajstić information content (AvgIpc) is 3.30. The number of carbonyl (C=O) groups is 3. The smallest absolute Gasteiger partial charge is 0.416 e. The highest BCUT2D eigenvalue weighted by Crippen LogP contribution is 2.46. The Bertz CT molecular complexity index is 1100. The van der Waals surface area contributed by atoms with Crippen LogP contribution in [-0.2, 0) is 30.0 Å². The second-order valence-electron chi connectivity index (χ2n) is 9.47. The van der Waals surface area contributed by atoms with Crippen molar-refractivity contribution >= 4 is 17.7 Å². The fraction of sp³-hybridized carbons (Fsp3) is 0.500. The summed E-state index contributed by atoms with van der Waals surface area (Å²) in [6.45, 7) is 3.45. The van der Waals surface area contributed by atoms with Crippen LogP contribution in [0.4, 0.5) is 13.2 Å². The first-order valence-corrected chi connectivity index (χ1v) is 11.7. The van der Waals surface area contributed by atoms with Gasteiger partial charge in [0, 0.05) is 22.9 Å². The SMILES string of the molecule is COC(=O)[C@@H]1C(=O)C2=C(C[C@@H]1C)NC(C)=C(C(=O)OC1CCCC1)[C@@H]2c1ccc(C(F)(F)F)cc1. The Morgan fingerprint density at radius 1 is 1.09 bits per heavy atom. The molecule has 0 spiro atoms. The molecule has 1 heterocycles. The number of hydrogen-bond acceptors (Lipinski definition) is 6. The number of Topliss-reactive ketones (excluding diaryl/α,β-unsaturated/α-hetero) is 1. The van der Waals surface area contributed by atoms with Crippen molar-refractivity contribution in [3.8, 4) is 0 Å². The minimum atomic E-state index is -4.53. The number of halogens is 3. The third kappa shape index (κ3) is 4.73. The van der Waals surface area contributed by atoms with Crippen molar-refractivity contribution in [2.45, 2.75) is 64.1 Å². The van der Waals surface area contributed by atoms with Crippen LogP contribution in [0.2, 0.25) is 0 Å². The lowest BCUT2D eigenvalue weighted by molar-refractivity contribution is -0.151. The van der Waals surface area contributed by atoms with Crippen molar-refractivity contribution in [1.29, 1.82) is 0 Å². The van der Waals surface area contributed by atoms with Crippen LogP contribution in [0.3, 0.4) is 0 Å². The Kier molecular flexibility index (Phi) is 6.79. The van der Waals surface area contributed by atoms with Gasteiger partial charge in [-0.1, -0.05) is 19.1 Å². The molecule has 1 saturated carbocycles. The largest absolute Gasteiger partial charge is 0.468 e. The minimum absolute atomic E-state index is 0.168. The first-order chi connectivity index (χ1) is 16.5. The van der Waals surface area contributed by atoms with Crippen LogP contribution in [0.25, 0.3) is 0 Å². The van der Waals surface area contributed by atoms with Gasteiger partial charge in [0.1, 0.15) is 12.0 Å². The number of allylic oxidation sites excluding steroid dienone is 3. The van der Waals surface area contributed by atoms with Gasteiger partial charge >= 0.3 is 18.1 Å². The number of esters is 2. The van der Waals surface area contributed by atoms with E-state index in [1.807, 2.05) is 0 Å². The Morgan fingerprint density at radius 3 is 2.29 bits per heavy atom. The molecule has 0 bridgehead atoms. The van der Waals surface area contributed by atoms with E-state index in [0.29, 0.717) is 23.4 Å². The lowest BCUT2D eigenvalue weighted by Crippen LogP contribution is -2.43. The van der Waals surface area contributed by atoms with Crippen molar-refractivity contribution < 1.29 is 37.0 Å². The number of alkyl halides is 3. The summed E-state index contributed by atoms with van der Waals surface area (Å²) in [5, 5.41) is 3.15. The molecule has 1 aromatic carbocycles.